The maximum absolute atomic E-state index is 11.5. The average Bonchev–Trinajstić information content (AvgIpc) is 2.53. The fraction of sp³-hybridized carbons (Fsp3) is 0.500. The van der Waals surface area contributed by atoms with Gasteiger partial charge in [0, 0.05) is 13.2 Å². The number of aromatic nitrogens is 2. The second-order valence-electron chi connectivity index (χ2n) is 3.70. The molecule has 1 aromatic rings. The Morgan fingerprint density at radius 2 is 2.24 bits per heavy atom. The van der Waals surface area contributed by atoms with E-state index in [2.05, 4.69) is 15.7 Å². The zero-order valence-electron chi connectivity index (χ0n) is 10.0. The summed E-state index contributed by atoms with van der Waals surface area (Å²) < 4.78 is 1.57. The summed E-state index contributed by atoms with van der Waals surface area (Å²) in [6.45, 7) is 3.44. The Morgan fingerprint density at radius 1 is 1.59 bits per heavy atom. The number of aliphatic carboxylic acids is 1. The molecule has 3 N–H and O–H groups in total. The number of hydrogen-bond donors (Lipinski definition) is 3. The molecule has 1 rings (SSSR count). The van der Waals surface area contributed by atoms with E-state index in [1.54, 1.807) is 31.8 Å². The van der Waals surface area contributed by atoms with E-state index in [9.17, 15) is 9.59 Å². The Bertz CT molecular complexity index is 427. The number of rotatable bonds is 4. The molecular weight excluding hydrogens is 224 g/mol. The topological polar surface area (TPSA) is 96.3 Å². The van der Waals surface area contributed by atoms with E-state index in [0.29, 0.717) is 17.8 Å². The molecule has 0 fully saturated rings. The number of carboxylic acid groups (broad SMARTS) is 1. The van der Waals surface area contributed by atoms with Gasteiger partial charge in [-0.3, -0.25) is 4.68 Å². The lowest BCUT2D eigenvalue weighted by atomic mass is 10.2. The summed E-state index contributed by atoms with van der Waals surface area (Å²) in [7, 11) is 1.74. The van der Waals surface area contributed by atoms with Crippen molar-refractivity contribution in [1.82, 2.24) is 15.1 Å². The van der Waals surface area contributed by atoms with Gasteiger partial charge in [-0.15, -0.1) is 0 Å². The minimum atomic E-state index is -1.05. The molecule has 0 aliphatic rings. The fourth-order valence-electron chi connectivity index (χ4n) is 1.38. The molecule has 0 aromatic carbocycles. The highest BCUT2D eigenvalue weighted by Gasteiger charge is 2.18. The number of nitrogens with zero attached hydrogens (tertiary/aromatic N) is 2. The van der Waals surface area contributed by atoms with Crippen LogP contribution in [0.1, 0.15) is 19.0 Å². The highest BCUT2D eigenvalue weighted by Crippen LogP contribution is 2.10. The molecular formula is C10H16N4O3. The van der Waals surface area contributed by atoms with Gasteiger partial charge in [-0.1, -0.05) is 6.92 Å². The minimum Gasteiger partial charge on any atom is -0.480 e. The number of hydrogen-bond acceptors (Lipinski definition) is 3. The molecule has 0 spiro atoms. The molecule has 0 radical (unpaired) electrons. The van der Waals surface area contributed by atoms with Crippen molar-refractivity contribution in [3.63, 3.8) is 0 Å². The molecule has 17 heavy (non-hydrogen) atoms. The molecule has 0 bridgehead atoms. The molecule has 1 atom stereocenters. The third-order valence-corrected chi connectivity index (χ3v) is 2.27. The molecule has 1 unspecified atom stereocenters. The van der Waals surface area contributed by atoms with Crippen LogP contribution in [0, 0.1) is 6.92 Å². The summed E-state index contributed by atoms with van der Waals surface area (Å²) in [5.74, 6) is -1.05. The number of carboxylic acids is 1. The van der Waals surface area contributed by atoms with E-state index in [1.807, 2.05) is 0 Å². The lowest BCUT2D eigenvalue weighted by Gasteiger charge is -2.12. The summed E-state index contributed by atoms with van der Waals surface area (Å²) in [6.07, 6.45) is 1.98. The van der Waals surface area contributed by atoms with Gasteiger partial charge in [0.15, 0.2) is 0 Å². The number of carbonyl (C=O) groups is 2. The molecule has 7 nitrogen and oxygen atoms in total. The first-order chi connectivity index (χ1) is 7.93. The maximum Gasteiger partial charge on any atom is 0.326 e. The Hall–Kier alpha value is -2.05. The summed E-state index contributed by atoms with van der Waals surface area (Å²) in [4.78, 5) is 22.3. The summed E-state index contributed by atoms with van der Waals surface area (Å²) in [5, 5.41) is 17.8. The smallest absolute Gasteiger partial charge is 0.326 e. The highest BCUT2D eigenvalue weighted by atomic mass is 16.4. The lowest BCUT2D eigenvalue weighted by molar-refractivity contribution is -0.139. The van der Waals surface area contributed by atoms with Crippen LogP contribution in [-0.2, 0) is 11.8 Å². The number of amides is 2. The van der Waals surface area contributed by atoms with E-state index in [-0.39, 0.29) is 0 Å². The third kappa shape index (κ3) is 3.47. The van der Waals surface area contributed by atoms with Gasteiger partial charge < -0.3 is 15.7 Å². The third-order valence-electron chi connectivity index (χ3n) is 2.27. The van der Waals surface area contributed by atoms with Gasteiger partial charge in [-0.2, -0.15) is 5.10 Å². The van der Waals surface area contributed by atoms with E-state index in [4.69, 9.17) is 5.11 Å². The standard InChI is InChI=1S/C10H16N4O3/c1-4-7(9(15)16)11-10(17)12-8-5-14(3)13-6(8)2/h5,7H,4H2,1-3H3,(H,15,16)(H2,11,12,17). The fourth-order valence-corrected chi connectivity index (χ4v) is 1.38. The van der Waals surface area contributed by atoms with Crippen LogP contribution in [0.3, 0.4) is 0 Å². The Labute approximate surface area is 98.8 Å². The second-order valence-corrected chi connectivity index (χ2v) is 3.70. The van der Waals surface area contributed by atoms with Crippen molar-refractivity contribution in [3.8, 4) is 0 Å². The van der Waals surface area contributed by atoms with Crippen LogP contribution in [0.2, 0.25) is 0 Å². The number of nitrogens with one attached hydrogen (secondary N) is 2. The Kier molecular flexibility index (Phi) is 4.08. The van der Waals surface area contributed by atoms with E-state index < -0.39 is 18.0 Å². The summed E-state index contributed by atoms with van der Waals surface area (Å²) in [5.41, 5.74) is 1.23. The first kappa shape index (κ1) is 13.0. The predicted octanol–water partition coefficient (Wildman–Crippen LogP) is 0.713. The minimum absolute atomic E-state index is 0.328. The first-order valence-electron chi connectivity index (χ1n) is 5.24. The van der Waals surface area contributed by atoms with Gasteiger partial charge in [0.25, 0.3) is 0 Å². The Morgan fingerprint density at radius 3 is 2.65 bits per heavy atom. The Balaban J connectivity index is 2.61. The monoisotopic (exact) mass is 240 g/mol. The van der Waals surface area contributed by atoms with Crippen molar-refractivity contribution in [3.05, 3.63) is 11.9 Å². The molecule has 0 aliphatic carbocycles. The van der Waals surface area contributed by atoms with Crippen molar-refractivity contribution in [2.75, 3.05) is 5.32 Å². The van der Waals surface area contributed by atoms with E-state index >= 15 is 0 Å². The molecule has 7 heteroatoms. The molecule has 1 aromatic heterocycles. The SMILES string of the molecule is CCC(NC(=O)Nc1cn(C)nc1C)C(=O)O. The quantitative estimate of drug-likeness (QED) is 0.722. The van der Waals surface area contributed by atoms with Crippen molar-refractivity contribution in [2.24, 2.45) is 7.05 Å². The molecule has 0 saturated carbocycles. The van der Waals surface area contributed by atoms with Gasteiger partial charge in [-0.05, 0) is 13.3 Å². The van der Waals surface area contributed by atoms with Gasteiger partial charge in [0.2, 0.25) is 0 Å². The second kappa shape index (κ2) is 5.33. The molecule has 0 aliphatic heterocycles. The molecule has 0 saturated heterocycles. The normalized spacial score (nSPS) is 11.9. The summed E-state index contributed by atoms with van der Waals surface area (Å²) >= 11 is 0. The van der Waals surface area contributed by atoms with Gasteiger partial charge in [0.1, 0.15) is 6.04 Å². The van der Waals surface area contributed by atoms with E-state index in [1.165, 1.54) is 0 Å². The van der Waals surface area contributed by atoms with Crippen LogP contribution in [0.15, 0.2) is 6.20 Å². The van der Waals surface area contributed by atoms with Crippen LogP contribution in [0.4, 0.5) is 10.5 Å². The van der Waals surface area contributed by atoms with Gasteiger partial charge in [-0.25, -0.2) is 9.59 Å². The van der Waals surface area contributed by atoms with Crippen LogP contribution < -0.4 is 10.6 Å². The van der Waals surface area contributed by atoms with Gasteiger partial charge in [0.05, 0.1) is 11.4 Å². The molecule has 1 heterocycles. The maximum atomic E-state index is 11.5. The molecule has 94 valence electrons. The first-order valence-corrected chi connectivity index (χ1v) is 5.24. The number of urea groups is 1. The van der Waals surface area contributed by atoms with Crippen molar-refractivity contribution < 1.29 is 14.7 Å². The largest absolute Gasteiger partial charge is 0.480 e. The van der Waals surface area contributed by atoms with Crippen molar-refractivity contribution in [1.29, 1.82) is 0 Å². The highest BCUT2D eigenvalue weighted by molar-refractivity contribution is 5.92. The lowest BCUT2D eigenvalue weighted by Crippen LogP contribution is -2.42. The predicted molar refractivity (Wildman–Crippen MR) is 61.8 cm³/mol. The summed E-state index contributed by atoms with van der Waals surface area (Å²) in [6, 6.07) is -1.43. The number of aryl methyl sites for hydroxylation is 2. The zero-order chi connectivity index (χ0) is 13.0. The average molecular weight is 240 g/mol. The number of anilines is 1. The van der Waals surface area contributed by atoms with E-state index in [0.717, 1.165) is 0 Å². The van der Waals surface area contributed by atoms with Crippen LogP contribution in [0.25, 0.3) is 0 Å². The van der Waals surface area contributed by atoms with Gasteiger partial charge >= 0.3 is 12.0 Å². The zero-order valence-corrected chi connectivity index (χ0v) is 10.0. The van der Waals surface area contributed by atoms with Crippen molar-refractivity contribution >= 4 is 17.7 Å². The van der Waals surface area contributed by atoms with Crippen LogP contribution >= 0.6 is 0 Å². The van der Waals surface area contributed by atoms with Crippen LogP contribution in [-0.4, -0.2) is 32.9 Å². The molecule has 2 amide bonds. The van der Waals surface area contributed by atoms with Crippen molar-refractivity contribution in [2.45, 2.75) is 26.3 Å². The number of carbonyl (C=O) groups excluding carboxylic acids is 1. The van der Waals surface area contributed by atoms with Crippen LogP contribution in [0.5, 0.6) is 0 Å².